The van der Waals surface area contributed by atoms with Crippen LogP contribution in [-0.4, -0.2) is 27.0 Å². The predicted molar refractivity (Wildman–Crippen MR) is 64.6 cm³/mol. The van der Waals surface area contributed by atoms with Gasteiger partial charge < -0.3 is 5.32 Å². The average Bonchev–Trinajstić information content (AvgIpc) is 2.73. The normalized spacial score (nSPS) is 10.6. The van der Waals surface area contributed by atoms with Gasteiger partial charge in [-0.05, 0) is 18.6 Å². The van der Waals surface area contributed by atoms with Crippen LogP contribution >= 0.6 is 0 Å². The van der Waals surface area contributed by atoms with Gasteiger partial charge in [0.1, 0.15) is 5.82 Å². The zero-order chi connectivity index (χ0) is 12.1. The van der Waals surface area contributed by atoms with Gasteiger partial charge in [0.05, 0.1) is 0 Å². The van der Waals surface area contributed by atoms with E-state index in [1.807, 2.05) is 35.7 Å². The van der Waals surface area contributed by atoms with Gasteiger partial charge in [-0.15, -0.1) is 10.2 Å². The highest BCUT2D eigenvalue weighted by atomic mass is 16.1. The van der Waals surface area contributed by atoms with Gasteiger partial charge in [-0.3, -0.25) is 9.20 Å². The van der Waals surface area contributed by atoms with E-state index in [-0.39, 0.29) is 5.91 Å². The van der Waals surface area contributed by atoms with Crippen molar-refractivity contribution in [3.63, 3.8) is 0 Å². The van der Waals surface area contributed by atoms with E-state index in [2.05, 4.69) is 15.5 Å². The molecule has 2 aromatic rings. The van der Waals surface area contributed by atoms with Crippen LogP contribution in [-0.2, 0) is 11.2 Å². The van der Waals surface area contributed by atoms with Crippen LogP contribution in [0.2, 0.25) is 0 Å². The van der Waals surface area contributed by atoms with Gasteiger partial charge in [-0.2, -0.15) is 0 Å². The molecule has 0 atom stereocenters. The summed E-state index contributed by atoms with van der Waals surface area (Å²) < 4.78 is 1.94. The van der Waals surface area contributed by atoms with Crippen molar-refractivity contribution in [2.45, 2.75) is 26.2 Å². The number of carbonyl (C=O) groups excluding carboxylic acids is 1. The summed E-state index contributed by atoms with van der Waals surface area (Å²) in [5.41, 5.74) is 0.836. The molecule has 0 saturated heterocycles. The molecule has 0 aromatic carbocycles. The molecule has 0 saturated carbocycles. The summed E-state index contributed by atoms with van der Waals surface area (Å²) in [5, 5.41) is 11.0. The summed E-state index contributed by atoms with van der Waals surface area (Å²) in [6.45, 7) is 2.60. The molecule has 2 rings (SSSR count). The fourth-order valence-corrected chi connectivity index (χ4v) is 1.69. The zero-order valence-electron chi connectivity index (χ0n) is 9.89. The Hall–Kier alpha value is -1.91. The molecule has 0 bridgehead atoms. The summed E-state index contributed by atoms with van der Waals surface area (Å²) in [6, 6.07) is 5.78. The number of aromatic nitrogens is 3. The van der Waals surface area contributed by atoms with E-state index in [0.29, 0.717) is 19.4 Å². The fraction of sp³-hybridized carbons (Fsp3) is 0.417. The smallest absolute Gasteiger partial charge is 0.219 e. The number of carbonyl (C=O) groups is 1. The van der Waals surface area contributed by atoms with E-state index in [1.165, 1.54) is 0 Å². The van der Waals surface area contributed by atoms with E-state index >= 15 is 0 Å². The minimum atomic E-state index is 0.0984. The summed E-state index contributed by atoms with van der Waals surface area (Å²) in [5.74, 6) is 0.971. The van der Waals surface area contributed by atoms with Crippen LogP contribution < -0.4 is 5.32 Å². The van der Waals surface area contributed by atoms with Crippen molar-refractivity contribution in [1.82, 2.24) is 19.9 Å². The molecule has 1 N–H and O–H groups in total. The standard InChI is InChI=1S/C12H16N4O/c1-2-5-12(17)13-8-7-11-15-14-10-6-3-4-9-16(10)11/h3-4,6,9H,2,5,7-8H2,1H3,(H,13,17). The molecule has 17 heavy (non-hydrogen) atoms. The topological polar surface area (TPSA) is 59.3 Å². The maximum atomic E-state index is 11.3. The van der Waals surface area contributed by atoms with E-state index in [1.54, 1.807) is 0 Å². The highest BCUT2D eigenvalue weighted by Gasteiger charge is 2.04. The summed E-state index contributed by atoms with van der Waals surface area (Å²) in [7, 11) is 0. The van der Waals surface area contributed by atoms with Gasteiger partial charge in [-0.1, -0.05) is 13.0 Å². The van der Waals surface area contributed by atoms with E-state index in [4.69, 9.17) is 0 Å². The van der Waals surface area contributed by atoms with Crippen LogP contribution in [0.3, 0.4) is 0 Å². The highest BCUT2D eigenvalue weighted by Crippen LogP contribution is 2.02. The highest BCUT2D eigenvalue weighted by molar-refractivity contribution is 5.75. The van der Waals surface area contributed by atoms with Gasteiger partial charge in [-0.25, -0.2) is 0 Å². The van der Waals surface area contributed by atoms with Gasteiger partial charge in [0, 0.05) is 25.6 Å². The molecule has 0 aliphatic rings. The molecule has 2 heterocycles. The van der Waals surface area contributed by atoms with Crippen LogP contribution in [0, 0.1) is 0 Å². The fourth-order valence-electron chi connectivity index (χ4n) is 1.69. The van der Waals surface area contributed by atoms with Crippen molar-refractivity contribution in [3.8, 4) is 0 Å². The first-order valence-corrected chi connectivity index (χ1v) is 5.86. The number of pyridine rings is 1. The number of hydrogen-bond donors (Lipinski definition) is 1. The molecular weight excluding hydrogens is 216 g/mol. The second-order valence-electron chi connectivity index (χ2n) is 3.90. The molecule has 0 aliphatic heterocycles. The lowest BCUT2D eigenvalue weighted by atomic mass is 10.3. The van der Waals surface area contributed by atoms with Gasteiger partial charge in [0.25, 0.3) is 0 Å². The first-order valence-electron chi connectivity index (χ1n) is 5.86. The van der Waals surface area contributed by atoms with Crippen molar-refractivity contribution >= 4 is 11.6 Å². The predicted octanol–water partition coefficient (Wildman–Crippen LogP) is 1.19. The number of nitrogens with zero attached hydrogens (tertiary/aromatic N) is 3. The average molecular weight is 232 g/mol. The van der Waals surface area contributed by atoms with Crippen molar-refractivity contribution in [2.24, 2.45) is 0 Å². The van der Waals surface area contributed by atoms with Crippen molar-refractivity contribution in [2.75, 3.05) is 6.54 Å². The lowest BCUT2D eigenvalue weighted by Crippen LogP contribution is -2.25. The van der Waals surface area contributed by atoms with Crippen LogP contribution in [0.15, 0.2) is 24.4 Å². The van der Waals surface area contributed by atoms with E-state index in [0.717, 1.165) is 17.9 Å². The zero-order valence-corrected chi connectivity index (χ0v) is 9.89. The monoisotopic (exact) mass is 232 g/mol. The second kappa shape index (κ2) is 5.43. The number of hydrogen-bond acceptors (Lipinski definition) is 3. The van der Waals surface area contributed by atoms with Crippen molar-refractivity contribution in [3.05, 3.63) is 30.2 Å². The van der Waals surface area contributed by atoms with Crippen molar-refractivity contribution in [1.29, 1.82) is 0 Å². The minimum absolute atomic E-state index is 0.0984. The SMILES string of the molecule is CCCC(=O)NCCc1nnc2ccccn12. The molecule has 1 amide bonds. The number of nitrogens with one attached hydrogen (secondary N) is 1. The van der Waals surface area contributed by atoms with Crippen LogP contribution in [0.1, 0.15) is 25.6 Å². The Morgan fingerprint density at radius 3 is 3.12 bits per heavy atom. The number of fused-ring (bicyclic) bond motifs is 1. The Bertz CT molecular complexity index is 506. The third-order valence-electron chi connectivity index (χ3n) is 2.53. The minimum Gasteiger partial charge on any atom is -0.356 e. The molecule has 5 nitrogen and oxygen atoms in total. The number of rotatable bonds is 5. The Kier molecular flexibility index (Phi) is 3.69. The lowest BCUT2D eigenvalue weighted by molar-refractivity contribution is -0.121. The second-order valence-corrected chi connectivity index (χ2v) is 3.90. The molecule has 0 radical (unpaired) electrons. The van der Waals surface area contributed by atoms with Gasteiger partial charge in [0.2, 0.25) is 5.91 Å². The first kappa shape index (κ1) is 11.6. The van der Waals surface area contributed by atoms with Gasteiger partial charge in [0.15, 0.2) is 5.65 Å². The van der Waals surface area contributed by atoms with Crippen molar-refractivity contribution < 1.29 is 4.79 Å². The summed E-state index contributed by atoms with van der Waals surface area (Å²) in [6.07, 6.45) is 4.08. The van der Waals surface area contributed by atoms with E-state index < -0.39 is 0 Å². The third-order valence-corrected chi connectivity index (χ3v) is 2.53. The molecule has 0 aliphatic carbocycles. The first-order chi connectivity index (χ1) is 8.31. The molecule has 0 fully saturated rings. The largest absolute Gasteiger partial charge is 0.356 e. The molecule has 90 valence electrons. The molecule has 2 aromatic heterocycles. The Morgan fingerprint density at radius 2 is 2.29 bits per heavy atom. The summed E-state index contributed by atoms with van der Waals surface area (Å²) >= 11 is 0. The molecule has 0 spiro atoms. The Labute approximate surface area is 99.9 Å². The van der Waals surface area contributed by atoms with Gasteiger partial charge >= 0.3 is 0 Å². The molecule has 5 heteroatoms. The third kappa shape index (κ3) is 2.81. The van der Waals surface area contributed by atoms with Crippen LogP contribution in [0.25, 0.3) is 5.65 Å². The number of amides is 1. The lowest BCUT2D eigenvalue weighted by Gasteiger charge is -2.03. The molecular formula is C12H16N4O. The summed E-state index contributed by atoms with van der Waals surface area (Å²) in [4.78, 5) is 11.3. The van der Waals surface area contributed by atoms with Crippen LogP contribution in [0.4, 0.5) is 0 Å². The quantitative estimate of drug-likeness (QED) is 0.842. The van der Waals surface area contributed by atoms with Crippen LogP contribution in [0.5, 0.6) is 0 Å². The molecule has 0 unspecified atom stereocenters. The maximum absolute atomic E-state index is 11.3. The van der Waals surface area contributed by atoms with E-state index in [9.17, 15) is 4.79 Å². The maximum Gasteiger partial charge on any atom is 0.219 e. The Morgan fingerprint density at radius 1 is 1.41 bits per heavy atom. The Balaban J connectivity index is 1.93.